The topological polar surface area (TPSA) is 46.3 Å². The molecule has 0 saturated heterocycles. The first kappa shape index (κ1) is 13.3. The van der Waals surface area contributed by atoms with Crippen molar-refractivity contribution in [2.75, 3.05) is 11.9 Å². The van der Waals surface area contributed by atoms with Crippen LogP contribution in [0, 0.1) is 6.92 Å². The van der Waals surface area contributed by atoms with E-state index in [-0.39, 0.29) is 5.91 Å². The molecule has 0 aliphatic rings. The summed E-state index contributed by atoms with van der Waals surface area (Å²) in [6, 6.07) is 15.3. The minimum Gasteiger partial charge on any atom is -0.326 e. The summed E-state index contributed by atoms with van der Waals surface area (Å²) in [5.74, 6) is -0.0134. The van der Waals surface area contributed by atoms with E-state index in [1.807, 2.05) is 55.5 Å². The van der Waals surface area contributed by atoms with Crippen LogP contribution in [0.1, 0.15) is 21.5 Å². The highest BCUT2D eigenvalue weighted by Crippen LogP contribution is 2.16. The highest BCUT2D eigenvalue weighted by Gasteiger charge is 2.12. The lowest BCUT2D eigenvalue weighted by Gasteiger charge is -2.17. The molecule has 3 nitrogen and oxygen atoms in total. The third kappa shape index (κ3) is 3.01. The number of amides is 1. The smallest absolute Gasteiger partial charge is 0.258 e. The molecule has 0 aliphatic carbocycles. The number of carbonyl (C=O) groups is 1. The summed E-state index contributed by atoms with van der Waals surface area (Å²) < 4.78 is 0. The van der Waals surface area contributed by atoms with Crippen LogP contribution < -0.4 is 10.6 Å². The van der Waals surface area contributed by atoms with E-state index in [0.29, 0.717) is 12.1 Å². The van der Waals surface area contributed by atoms with E-state index < -0.39 is 0 Å². The number of hydrogen-bond donors (Lipinski definition) is 1. The molecule has 0 bridgehead atoms. The number of hydrogen-bond acceptors (Lipinski definition) is 2. The molecule has 0 heterocycles. The molecule has 0 saturated carbocycles. The predicted molar refractivity (Wildman–Crippen MR) is 78.2 cm³/mol. The maximum absolute atomic E-state index is 12.3. The predicted octanol–water partition coefficient (Wildman–Crippen LogP) is 2.73. The van der Waals surface area contributed by atoms with Crippen molar-refractivity contribution in [3.8, 4) is 0 Å². The van der Waals surface area contributed by atoms with Crippen LogP contribution in [0.15, 0.2) is 48.5 Å². The second kappa shape index (κ2) is 5.67. The first-order chi connectivity index (χ1) is 9.11. The van der Waals surface area contributed by atoms with Crippen molar-refractivity contribution >= 4 is 11.6 Å². The molecule has 0 atom stereocenters. The summed E-state index contributed by atoms with van der Waals surface area (Å²) in [7, 11) is 1.78. The van der Waals surface area contributed by atoms with Gasteiger partial charge in [-0.25, -0.2) is 0 Å². The molecular weight excluding hydrogens is 236 g/mol. The Morgan fingerprint density at radius 3 is 2.16 bits per heavy atom. The minimum absolute atomic E-state index is 0.0134. The number of anilines is 1. The number of nitrogens with zero attached hydrogens (tertiary/aromatic N) is 1. The Balaban J connectivity index is 2.20. The number of benzene rings is 2. The van der Waals surface area contributed by atoms with Gasteiger partial charge in [0.2, 0.25) is 0 Å². The van der Waals surface area contributed by atoms with Crippen molar-refractivity contribution in [2.24, 2.45) is 5.73 Å². The van der Waals surface area contributed by atoms with Crippen LogP contribution in [-0.4, -0.2) is 13.0 Å². The zero-order valence-corrected chi connectivity index (χ0v) is 11.3. The van der Waals surface area contributed by atoms with E-state index >= 15 is 0 Å². The Morgan fingerprint density at radius 1 is 1.05 bits per heavy atom. The monoisotopic (exact) mass is 254 g/mol. The molecular formula is C16H18N2O. The minimum atomic E-state index is -0.0134. The van der Waals surface area contributed by atoms with Crippen molar-refractivity contribution < 1.29 is 4.79 Å². The highest BCUT2D eigenvalue weighted by molar-refractivity contribution is 6.05. The standard InChI is InChI=1S/C16H18N2O/c1-12-3-7-14(8-4-12)16(19)18(2)15-9-5-13(11-17)6-10-15/h3-10H,11,17H2,1-2H3. The largest absolute Gasteiger partial charge is 0.326 e. The summed E-state index contributed by atoms with van der Waals surface area (Å²) in [6.07, 6.45) is 0. The quantitative estimate of drug-likeness (QED) is 0.915. The zero-order chi connectivity index (χ0) is 13.8. The van der Waals surface area contributed by atoms with Gasteiger partial charge in [0.1, 0.15) is 0 Å². The first-order valence-electron chi connectivity index (χ1n) is 6.25. The molecule has 3 heteroatoms. The van der Waals surface area contributed by atoms with Gasteiger partial charge >= 0.3 is 0 Å². The SMILES string of the molecule is Cc1ccc(C(=O)N(C)c2ccc(CN)cc2)cc1. The van der Waals surface area contributed by atoms with Gasteiger partial charge in [-0.1, -0.05) is 29.8 Å². The van der Waals surface area contributed by atoms with Gasteiger partial charge in [0, 0.05) is 24.8 Å². The van der Waals surface area contributed by atoms with Gasteiger partial charge in [-0.05, 0) is 36.8 Å². The molecule has 0 aliphatic heterocycles. The highest BCUT2D eigenvalue weighted by atomic mass is 16.2. The Morgan fingerprint density at radius 2 is 1.63 bits per heavy atom. The van der Waals surface area contributed by atoms with E-state index in [2.05, 4.69) is 0 Å². The van der Waals surface area contributed by atoms with E-state index in [4.69, 9.17) is 5.73 Å². The lowest BCUT2D eigenvalue weighted by Crippen LogP contribution is -2.26. The number of rotatable bonds is 3. The summed E-state index contributed by atoms with van der Waals surface area (Å²) in [4.78, 5) is 14.0. The Bertz CT molecular complexity index is 558. The fourth-order valence-electron chi connectivity index (χ4n) is 1.86. The van der Waals surface area contributed by atoms with E-state index in [0.717, 1.165) is 16.8 Å². The maximum atomic E-state index is 12.3. The van der Waals surface area contributed by atoms with Gasteiger partial charge in [-0.15, -0.1) is 0 Å². The van der Waals surface area contributed by atoms with Crippen LogP contribution >= 0.6 is 0 Å². The van der Waals surface area contributed by atoms with Crippen LogP contribution in [0.2, 0.25) is 0 Å². The molecule has 19 heavy (non-hydrogen) atoms. The van der Waals surface area contributed by atoms with Crippen LogP contribution in [0.4, 0.5) is 5.69 Å². The number of aryl methyl sites for hydroxylation is 1. The van der Waals surface area contributed by atoms with Crippen molar-refractivity contribution in [1.82, 2.24) is 0 Å². The molecule has 0 fully saturated rings. The van der Waals surface area contributed by atoms with E-state index in [1.165, 1.54) is 0 Å². The molecule has 0 radical (unpaired) electrons. The average molecular weight is 254 g/mol. The van der Waals surface area contributed by atoms with Crippen molar-refractivity contribution in [2.45, 2.75) is 13.5 Å². The second-order valence-electron chi connectivity index (χ2n) is 4.60. The van der Waals surface area contributed by atoms with Crippen molar-refractivity contribution in [3.63, 3.8) is 0 Å². The van der Waals surface area contributed by atoms with Crippen molar-refractivity contribution in [3.05, 3.63) is 65.2 Å². The van der Waals surface area contributed by atoms with Gasteiger partial charge in [-0.2, -0.15) is 0 Å². The third-order valence-corrected chi connectivity index (χ3v) is 3.16. The normalized spacial score (nSPS) is 10.3. The lowest BCUT2D eigenvalue weighted by molar-refractivity contribution is 0.0993. The summed E-state index contributed by atoms with van der Waals surface area (Å²) in [5, 5.41) is 0. The molecule has 0 aromatic heterocycles. The Hall–Kier alpha value is -2.13. The number of nitrogens with two attached hydrogens (primary N) is 1. The van der Waals surface area contributed by atoms with Crippen LogP contribution in [0.25, 0.3) is 0 Å². The van der Waals surface area contributed by atoms with Gasteiger partial charge in [0.05, 0.1) is 0 Å². The van der Waals surface area contributed by atoms with Gasteiger partial charge in [0.25, 0.3) is 5.91 Å². The van der Waals surface area contributed by atoms with E-state index in [1.54, 1.807) is 11.9 Å². The summed E-state index contributed by atoms with van der Waals surface area (Å²) in [6.45, 7) is 2.51. The van der Waals surface area contributed by atoms with Crippen LogP contribution in [-0.2, 0) is 6.54 Å². The molecule has 2 rings (SSSR count). The van der Waals surface area contributed by atoms with E-state index in [9.17, 15) is 4.79 Å². The van der Waals surface area contributed by atoms with Crippen LogP contribution in [0.5, 0.6) is 0 Å². The fraction of sp³-hybridized carbons (Fsp3) is 0.188. The maximum Gasteiger partial charge on any atom is 0.258 e. The molecule has 2 aromatic rings. The molecule has 98 valence electrons. The van der Waals surface area contributed by atoms with Crippen LogP contribution in [0.3, 0.4) is 0 Å². The summed E-state index contributed by atoms with van der Waals surface area (Å²) in [5.41, 5.74) is 9.32. The Labute approximate surface area is 113 Å². The zero-order valence-electron chi connectivity index (χ0n) is 11.3. The summed E-state index contributed by atoms with van der Waals surface area (Å²) >= 11 is 0. The lowest BCUT2D eigenvalue weighted by atomic mass is 10.1. The molecule has 2 aromatic carbocycles. The van der Waals surface area contributed by atoms with Gasteiger partial charge in [-0.3, -0.25) is 4.79 Å². The fourth-order valence-corrected chi connectivity index (χ4v) is 1.86. The molecule has 1 amide bonds. The Kier molecular flexibility index (Phi) is 3.97. The molecule has 0 spiro atoms. The molecule has 0 unspecified atom stereocenters. The third-order valence-electron chi connectivity index (χ3n) is 3.16. The average Bonchev–Trinajstić information content (AvgIpc) is 2.46. The first-order valence-corrected chi connectivity index (χ1v) is 6.25. The molecule has 2 N–H and O–H groups in total. The van der Waals surface area contributed by atoms with Crippen molar-refractivity contribution in [1.29, 1.82) is 0 Å². The second-order valence-corrected chi connectivity index (χ2v) is 4.60. The van der Waals surface area contributed by atoms with Gasteiger partial charge in [0.15, 0.2) is 0 Å². The van der Waals surface area contributed by atoms with Gasteiger partial charge < -0.3 is 10.6 Å². The number of carbonyl (C=O) groups excluding carboxylic acids is 1.